The van der Waals surface area contributed by atoms with Crippen molar-refractivity contribution in [2.24, 2.45) is 0 Å². The minimum absolute atomic E-state index is 0.803. The van der Waals surface area contributed by atoms with Gasteiger partial charge in [-0.2, -0.15) is 0 Å². The molecule has 0 saturated heterocycles. The smallest absolute Gasteiger partial charge is 0.0233 e. The predicted molar refractivity (Wildman–Crippen MR) is 82.4 cm³/mol. The summed E-state index contributed by atoms with van der Waals surface area (Å²) in [5.74, 6) is 0. The summed E-state index contributed by atoms with van der Waals surface area (Å²) in [6.07, 6.45) is 8.16. The first-order chi connectivity index (χ1) is 9.29. The number of nitrogens with one attached hydrogen (secondary N) is 1. The minimum Gasteiger partial charge on any atom is -0.319 e. The summed E-state index contributed by atoms with van der Waals surface area (Å²) < 4.78 is 0. The third-order valence-electron chi connectivity index (χ3n) is 4.32. The molecule has 1 aromatic rings. The van der Waals surface area contributed by atoms with Crippen molar-refractivity contribution < 1.29 is 0 Å². The quantitative estimate of drug-likeness (QED) is 0.845. The molecular formula is C17H28N2. The minimum atomic E-state index is 0.803. The van der Waals surface area contributed by atoms with Crippen LogP contribution in [0.25, 0.3) is 0 Å². The van der Waals surface area contributed by atoms with E-state index in [2.05, 4.69) is 41.5 Å². The number of hydrogen-bond donors (Lipinski definition) is 1. The van der Waals surface area contributed by atoms with Gasteiger partial charge < -0.3 is 5.32 Å². The lowest BCUT2D eigenvalue weighted by Crippen LogP contribution is -2.32. The Morgan fingerprint density at radius 3 is 2.32 bits per heavy atom. The molecule has 0 radical (unpaired) electrons. The van der Waals surface area contributed by atoms with Gasteiger partial charge in [-0.15, -0.1) is 0 Å². The van der Waals surface area contributed by atoms with Gasteiger partial charge in [0.15, 0.2) is 0 Å². The highest BCUT2D eigenvalue weighted by molar-refractivity contribution is 5.22. The summed E-state index contributed by atoms with van der Waals surface area (Å²) in [6, 6.07) is 9.95. The average molecular weight is 260 g/mol. The maximum atomic E-state index is 3.20. The number of rotatable bonds is 6. The molecule has 0 amide bonds. The Bertz CT molecular complexity index is 352. The van der Waals surface area contributed by atoms with E-state index in [9.17, 15) is 0 Å². The fraction of sp³-hybridized carbons (Fsp3) is 0.647. The molecule has 0 bridgehead atoms. The Hall–Kier alpha value is -0.860. The van der Waals surface area contributed by atoms with E-state index in [4.69, 9.17) is 0 Å². The third kappa shape index (κ3) is 4.63. The largest absolute Gasteiger partial charge is 0.319 e. The normalized spacial score (nSPS) is 17.0. The summed E-state index contributed by atoms with van der Waals surface area (Å²) in [5, 5.41) is 3.20. The van der Waals surface area contributed by atoms with Crippen LogP contribution < -0.4 is 5.32 Å². The Balaban J connectivity index is 1.84. The monoisotopic (exact) mass is 260 g/mol. The van der Waals surface area contributed by atoms with E-state index >= 15 is 0 Å². The van der Waals surface area contributed by atoms with Crippen LogP contribution in [0.15, 0.2) is 24.3 Å². The first-order valence-electron chi connectivity index (χ1n) is 7.72. The zero-order valence-electron chi connectivity index (χ0n) is 12.5. The first-order valence-corrected chi connectivity index (χ1v) is 7.72. The molecule has 1 fully saturated rings. The van der Waals surface area contributed by atoms with Crippen molar-refractivity contribution in [3.63, 3.8) is 0 Å². The second-order valence-corrected chi connectivity index (χ2v) is 5.88. The summed E-state index contributed by atoms with van der Waals surface area (Å²) in [5.41, 5.74) is 2.87. The van der Waals surface area contributed by atoms with Gasteiger partial charge in [0.25, 0.3) is 0 Å². The van der Waals surface area contributed by atoms with E-state index in [0.717, 1.165) is 25.6 Å². The van der Waals surface area contributed by atoms with Crippen molar-refractivity contribution in [3.8, 4) is 0 Å². The van der Waals surface area contributed by atoms with Crippen molar-refractivity contribution in [1.82, 2.24) is 10.2 Å². The lowest BCUT2D eigenvalue weighted by atomic mass is 9.94. The highest BCUT2D eigenvalue weighted by Crippen LogP contribution is 2.22. The number of likely N-dealkylation sites (N-methyl/N-ethyl adjacent to an activating group) is 1. The second-order valence-electron chi connectivity index (χ2n) is 5.88. The molecule has 0 heterocycles. The molecule has 106 valence electrons. The van der Waals surface area contributed by atoms with Crippen LogP contribution in [0.2, 0.25) is 0 Å². The van der Waals surface area contributed by atoms with Crippen molar-refractivity contribution in [3.05, 3.63) is 35.4 Å². The van der Waals surface area contributed by atoms with Crippen LogP contribution in [0.3, 0.4) is 0 Å². The van der Waals surface area contributed by atoms with Crippen LogP contribution in [-0.4, -0.2) is 31.6 Å². The zero-order valence-corrected chi connectivity index (χ0v) is 12.5. The van der Waals surface area contributed by atoms with Gasteiger partial charge in [0.1, 0.15) is 0 Å². The fourth-order valence-corrected chi connectivity index (χ4v) is 3.02. The van der Waals surface area contributed by atoms with Gasteiger partial charge in [0, 0.05) is 12.6 Å². The van der Waals surface area contributed by atoms with Gasteiger partial charge >= 0.3 is 0 Å². The van der Waals surface area contributed by atoms with Crippen LogP contribution in [0, 0.1) is 0 Å². The second kappa shape index (κ2) is 7.66. The van der Waals surface area contributed by atoms with Gasteiger partial charge in [0.05, 0.1) is 0 Å². The maximum absolute atomic E-state index is 3.20. The van der Waals surface area contributed by atoms with E-state index in [0.29, 0.717) is 0 Å². The molecule has 1 aliphatic rings. The van der Waals surface area contributed by atoms with E-state index < -0.39 is 0 Å². The molecule has 2 heteroatoms. The van der Waals surface area contributed by atoms with E-state index in [1.54, 1.807) is 0 Å². The maximum Gasteiger partial charge on any atom is 0.0233 e. The fourth-order valence-electron chi connectivity index (χ4n) is 3.02. The molecule has 0 unspecified atom stereocenters. The van der Waals surface area contributed by atoms with E-state index in [-0.39, 0.29) is 0 Å². The Morgan fingerprint density at radius 1 is 1.05 bits per heavy atom. The van der Waals surface area contributed by atoms with Crippen LogP contribution in [-0.2, 0) is 13.0 Å². The molecular weight excluding hydrogens is 232 g/mol. The van der Waals surface area contributed by atoms with Crippen molar-refractivity contribution in [2.75, 3.05) is 20.6 Å². The molecule has 1 N–H and O–H groups in total. The van der Waals surface area contributed by atoms with Crippen LogP contribution in [0.5, 0.6) is 0 Å². The summed E-state index contributed by atoms with van der Waals surface area (Å²) in [4.78, 5) is 2.54. The zero-order chi connectivity index (χ0) is 13.5. The average Bonchev–Trinajstić information content (AvgIpc) is 2.47. The Labute approximate surface area is 118 Å². The van der Waals surface area contributed by atoms with Gasteiger partial charge in [-0.05, 0) is 51.0 Å². The molecule has 0 aromatic heterocycles. The number of nitrogens with zero attached hydrogens (tertiary/aromatic N) is 1. The van der Waals surface area contributed by atoms with Crippen molar-refractivity contribution in [2.45, 2.75) is 51.1 Å². The Kier molecular flexibility index (Phi) is 5.87. The molecule has 1 aliphatic carbocycles. The lowest BCUT2D eigenvalue weighted by molar-refractivity contribution is 0.184. The van der Waals surface area contributed by atoms with Crippen LogP contribution >= 0.6 is 0 Å². The highest BCUT2D eigenvalue weighted by atomic mass is 15.1. The molecule has 0 atom stereocenters. The predicted octanol–water partition coefficient (Wildman–Crippen LogP) is 3.21. The lowest BCUT2D eigenvalue weighted by Gasteiger charge is -2.31. The molecule has 2 nitrogen and oxygen atoms in total. The van der Waals surface area contributed by atoms with Crippen LogP contribution in [0.4, 0.5) is 0 Å². The third-order valence-corrected chi connectivity index (χ3v) is 4.32. The van der Waals surface area contributed by atoms with Crippen molar-refractivity contribution >= 4 is 0 Å². The number of benzene rings is 1. The standard InChI is InChI=1S/C17H28N2/c1-18-13-12-15-8-10-16(11-9-15)14-19(2)17-6-4-3-5-7-17/h8-11,17-18H,3-7,12-14H2,1-2H3. The van der Waals surface area contributed by atoms with Gasteiger partial charge in [0.2, 0.25) is 0 Å². The summed E-state index contributed by atoms with van der Waals surface area (Å²) >= 11 is 0. The molecule has 19 heavy (non-hydrogen) atoms. The highest BCUT2D eigenvalue weighted by Gasteiger charge is 2.17. The van der Waals surface area contributed by atoms with E-state index in [1.165, 1.54) is 43.2 Å². The first kappa shape index (κ1) is 14.5. The SMILES string of the molecule is CNCCc1ccc(CN(C)C2CCCCC2)cc1. The summed E-state index contributed by atoms with van der Waals surface area (Å²) in [6.45, 7) is 2.15. The van der Waals surface area contributed by atoms with Gasteiger partial charge in [-0.25, -0.2) is 0 Å². The van der Waals surface area contributed by atoms with Crippen molar-refractivity contribution in [1.29, 1.82) is 0 Å². The Morgan fingerprint density at radius 2 is 1.68 bits per heavy atom. The molecule has 2 rings (SSSR count). The topological polar surface area (TPSA) is 15.3 Å². The summed E-state index contributed by atoms with van der Waals surface area (Å²) in [7, 11) is 4.29. The van der Waals surface area contributed by atoms with E-state index in [1.807, 2.05) is 7.05 Å². The number of hydrogen-bond acceptors (Lipinski definition) is 2. The van der Waals surface area contributed by atoms with Gasteiger partial charge in [-0.3, -0.25) is 4.90 Å². The molecule has 0 spiro atoms. The molecule has 0 aliphatic heterocycles. The van der Waals surface area contributed by atoms with Crippen LogP contribution in [0.1, 0.15) is 43.2 Å². The molecule has 1 aromatic carbocycles. The van der Waals surface area contributed by atoms with Gasteiger partial charge in [-0.1, -0.05) is 43.5 Å². The molecule has 1 saturated carbocycles.